The molecular weight excluding hydrogens is 397 g/mol. The van der Waals surface area contributed by atoms with Crippen LogP contribution in [0.4, 0.5) is 0 Å². The first-order valence-electron chi connectivity index (χ1n) is 8.60. The molecule has 0 unspecified atom stereocenters. The van der Waals surface area contributed by atoms with E-state index in [1.807, 2.05) is 35.9 Å². The molecule has 0 spiro atoms. The Morgan fingerprint density at radius 3 is 2.39 bits per heavy atom. The highest BCUT2D eigenvalue weighted by Gasteiger charge is 2.18. The van der Waals surface area contributed by atoms with Crippen LogP contribution in [0.5, 0.6) is 0 Å². The lowest BCUT2D eigenvalue weighted by molar-refractivity contribution is 0.319. The Morgan fingerprint density at radius 1 is 0.964 bits per heavy atom. The zero-order valence-corrected chi connectivity index (χ0v) is 17.0. The summed E-state index contributed by atoms with van der Waals surface area (Å²) in [4.78, 5) is 13.1. The number of pyridine rings is 1. The number of hydrogen-bond donors (Lipinski definition) is 1. The maximum absolute atomic E-state index is 13.1. The molecule has 1 N–H and O–H groups in total. The summed E-state index contributed by atoms with van der Waals surface area (Å²) in [7, 11) is 3.67. The molecule has 0 radical (unpaired) electrons. The van der Waals surface area contributed by atoms with Crippen LogP contribution < -0.4 is 5.56 Å². The van der Waals surface area contributed by atoms with Gasteiger partial charge in [0, 0.05) is 41.0 Å². The average molecular weight is 414 g/mol. The van der Waals surface area contributed by atoms with Crippen LogP contribution in [0.2, 0.25) is 10.0 Å². The molecule has 0 aliphatic heterocycles. The van der Waals surface area contributed by atoms with Gasteiger partial charge in [-0.25, -0.2) is 0 Å². The van der Waals surface area contributed by atoms with Crippen LogP contribution in [-0.2, 0) is 14.1 Å². The number of halogens is 2. The maximum atomic E-state index is 13.1. The molecule has 0 bridgehead atoms. The number of benzene rings is 2. The highest BCUT2D eigenvalue weighted by Crippen LogP contribution is 2.33. The molecule has 142 valence electrons. The van der Waals surface area contributed by atoms with E-state index >= 15 is 0 Å². The number of aryl methyl sites for hydroxylation is 2. The normalized spacial score (nSPS) is 12.2. The van der Waals surface area contributed by atoms with Crippen molar-refractivity contribution in [2.24, 2.45) is 19.3 Å². The predicted octanol–water partition coefficient (Wildman–Crippen LogP) is 5.20. The van der Waals surface area contributed by atoms with E-state index in [0.29, 0.717) is 26.9 Å². The summed E-state index contributed by atoms with van der Waals surface area (Å²) in [5, 5.41) is 15.2. The van der Waals surface area contributed by atoms with Gasteiger partial charge in [0.05, 0.1) is 16.3 Å². The molecule has 0 saturated heterocycles. The lowest BCUT2D eigenvalue weighted by Crippen LogP contribution is -2.20. The van der Waals surface area contributed by atoms with Crippen molar-refractivity contribution in [3.8, 4) is 11.1 Å². The van der Waals surface area contributed by atoms with Crippen LogP contribution in [0.25, 0.3) is 33.1 Å². The van der Waals surface area contributed by atoms with Gasteiger partial charge in [-0.1, -0.05) is 40.5 Å². The van der Waals surface area contributed by atoms with Crippen molar-refractivity contribution in [3.63, 3.8) is 0 Å². The Kier molecular flexibility index (Phi) is 4.44. The second-order valence-corrected chi connectivity index (χ2v) is 7.60. The first-order valence-corrected chi connectivity index (χ1v) is 9.35. The van der Waals surface area contributed by atoms with E-state index in [-0.39, 0.29) is 5.56 Å². The van der Waals surface area contributed by atoms with E-state index in [4.69, 9.17) is 28.4 Å². The number of oxime groups is 1. The van der Waals surface area contributed by atoms with Crippen LogP contribution in [0.15, 0.2) is 52.4 Å². The highest BCUT2D eigenvalue weighted by atomic mass is 35.5. The Balaban J connectivity index is 2.13. The fourth-order valence-electron chi connectivity index (χ4n) is 3.67. The van der Waals surface area contributed by atoms with Gasteiger partial charge in [-0.3, -0.25) is 9.36 Å². The third kappa shape index (κ3) is 2.70. The van der Waals surface area contributed by atoms with E-state index < -0.39 is 0 Å². The second kappa shape index (κ2) is 6.69. The lowest BCUT2D eigenvalue weighted by Gasteiger charge is -2.09. The fraction of sp³-hybridized carbons (Fsp3) is 0.143. The van der Waals surface area contributed by atoms with Gasteiger partial charge in [-0.2, -0.15) is 0 Å². The topological polar surface area (TPSA) is 59.5 Å². The number of nitrogens with zero attached hydrogens (tertiary/aromatic N) is 3. The zero-order chi connectivity index (χ0) is 20.2. The van der Waals surface area contributed by atoms with Gasteiger partial charge < -0.3 is 9.77 Å². The molecule has 28 heavy (non-hydrogen) atoms. The molecule has 0 amide bonds. The Hall–Kier alpha value is -2.76. The molecular formula is C21H17Cl2N3O2. The Labute approximate surface area is 171 Å². The quantitative estimate of drug-likeness (QED) is 0.278. The second-order valence-electron chi connectivity index (χ2n) is 6.76. The van der Waals surface area contributed by atoms with Crippen molar-refractivity contribution in [2.45, 2.75) is 6.92 Å². The van der Waals surface area contributed by atoms with E-state index in [9.17, 15) is 4.79 Å². The molecule has 5 nitrogen and oxygen atoms in total. The molecule has 0 aliphatic rings. The molecule has 7 heteroatoms. The molecule has 0 fully saturated rings. The van der Waals surface area contributed by atoms with Crippen LogP contribution >= 0.6 is 23.2 Å². The van der Waals surface area contributed by atoms with Gasteiger partial charge in [0.2, 0.25) is 0 Å². The monoisotopic (exact) mass is 413 g/mol. The fourth-order valence-corrected chi connectivity index (χ4v) is 4.18. The third-order valence-corrected chi connectivity index (χ3v) is 5.68. The van der Waals surface area contributed by atoms with Gasteiger partial charge in [0.25, 0.3) is 5.56 Å². The minimum atomic E-state index is -0.143. The smallest absolute Gasteiger partial charge is 0.259 e. The average Bonchev–Trinajstić information content (AvgIpc) is 2.96. The van der Waals surface area contributed by atoms with Crippen molar-refractivity contribution in [3.05, 3.63) is 68.4 Å². The molecule has 0 aliphatic carbocycles. The van der Waals surface area contributed by atoms with Crippen molar-refractivity contribution >= 4 is 50.8 Å². The van der Waals surface area contributed by atoms with Crippen LogP contribution in [0, 0.1) is 0 Å². The van der Waals surface area contributed by atoms with E-state index in [0.717, 1.165) is 27.5 Å². The van der Waals surface area contributed by atoms with Crippen molar-refractivity contribution < 1.29 is 5.21 Å². The van der Waals surface area contributed by atoms with Crippen molar-refractivity contribution in [1.82, 2.24) is 9.13 Å². The third-order valence-electron chi connectivity index (χ3n) is 5.14. The SMILES string of the molecule is C/C(=N\O)c1ccc2c(c1)c1cc(-c3ccc(Cl)cc3Cl)c(=O)n(C)c1n2C. The molecule has 4 rings (SSSR count). The Bertz CT molecular complexity index is 1350. The molecule has 4 aromatic rings. The van der Waals surface area contributed by atoms with E-state index in [1.165, 1.54) is 0 Å². The standard InChI is InChI=1S/C21H17Cl2N3O2/c1-11(24-28)12-4-7-19-15(8-12)16-10-17(14-6-5-13(22)9-18(14)23)21(27)26(3)20(16)25(19)2/h4-10,28H,1-3H3/b24-11+. The summed E-state index contributed by atoms with van der Waals surface area (Å²) in [6.07, 6.45) is 0. The minimum absolute atomic E-state index is 0.143. The lowest BCUT2D eigenvalue weighted by atomic mass is 10.0. The number of rotatable bonds is 2. The van der Waals surface area contributed by atoms with Crippen LogP contribution in [-0.4, -0.2) is 20.1 Å². The predicted molar refractivity (Wildman–Crippen MR) is 115 cm³/mol. The van der Waals surface area contributed by atoms with Crippen molar-refractivity contribution in [1.29, 1.82) is 0 Å². The minimum Gasteiger partial charge on any atom is -0.411 e. The summed E-state index contributed by atoms with van der Waals surface area (Å²) in [6, 6.07) is 12.8. The van der Waals surface area contributed by atoms with Crippen molar-refractivity contribution in [2.75, 3.05) is 0 Å². The summed E-state index contributed by atoms with van der Waals surface area (Å²) < 4.78 is 3.61. The number of hydrogen-bond acceptors (Lipinski definition) is 3. The number of fused-ring (bicyclic) bond motifs is 3. The van der Waals surface area contributed by atoms with Gasteiger partial charge in [0.15, 0.2) is 0 Å². The zero-order valence-electron chi connectivity index (χ0n) is 15.5. The summed E-state index contributed by atoms with van der Waals surface area (Å²) in [5.41, 5.74) is 4.09. The molecule has 2 aromatic heterocycles. The molecule has 2 aromatic carbocycles. The molecule has 0 saturated carbocycles. The molecule has 2 heterocycles. The van der Waals surface area contributed by atoms with Gasteiger partial charge in [0.1, 0.15) is 5.65 Å². The van der Waals surface area contributed by atoms with Gasteiger partial charge in [-0.15, -0.1) is 0 Å². The first-order chi connectivity index (χ1) is 13.3. The summed E-state index contributed by atoms with van der Waals surface area (Å²) >= 11 is 12.4. The first kappa shape index (κ1) is 18.6. The largest absolute Gasteiger partial charge is 0.411 e. The van der Waals surface area contributed by atoms with Gasteiger partial charge >= 0.3 is 0 Å². The maximum Gasteiger partial charge on any atom is 0.259 e. The Morgan fingerprint density at radius 2 is 1.71 bits per heavy atom. The highest BCUT2D eigenvalue weighted by molar-refractivity contribution is 6.36. The van der Waals surface area contributed by atoms with Crippen LogP contribution in [0.1, 0.15) is 12.5 Å². The summed E-state index contributed by atoms with van der Waals surface area (Å²) in [5.74, 6) is 0. The summed E-state index contributed by atoms with van der Waals surface area (Å²) in [6.45, 7) is 1.74. The van der Waals surface area contributed by atoms with E-state index in [1.54, 1.807) is 36.7 Å². The van der Waals surface area contributed by atoms with Crippen LogP contribution in [0.3, 0.4) is 0 Å². The van der Waals surface area contributed by atoms with E-state index in [2.05, 4.69) is 5.16 Å². The number of aromatic nitrogens is 2. The molecule has 0 atom stereocenters. The van der Waals surface area contributed by atoms with Gasteiger partial charge in [-0.05, 0) is 42.8 Å².